The van der Waals surface area contributed by atoms with Gasteiger partial charge in [0.25, 0.3) is 0 Å². The van der Waals surface area contributed by atoms with E-state index in [0.717, 1.165) is 12.8 Å². The molecule has 5 rings (SSSR count). The predicted molar refractivity (Wildman–Crippen MR) is 101 cm³/mol. The van der Waals surface area contributed by atoms with Crippen molar-refractivity contribution in [1.29, 1.82) is 0 Å². The van der Waals surface area contributed by atoms with E-state index in [2.05, 4.69) is 15.0 Å². The fraction of sp³-hybridized carbons (Fsp3) is 0.500. The summed E-state index contributed by atoms with van der Waals surface area (Å²) in [4.78, 5) is 19.6. The van der Waals surface area contributed by atoms with Crippen LogP contribution in [0.25, 0.3) is 0 Å². The molecule has 2 aromatic rings. The van der Waals surface area contributed by atoms with Crippen LogP contribution >= 0.6 is 0 Å². The Balaban J connectivity index is 1.34. The zero-order valence-corrected chi connectivity index (χ0v) is 15.9. The normalized spacial score (nSPS) is 29.4. The number of carbonyl (C=O) groups is 1. The predicted octanol–water partition coefficient (Wildman–Crippen LogP) is 1.54. The molecule has 3 aliphatic rings. The highest BCUT2D eigenvalue weighted by Crippen LogP contribution is 2.37. The van der Waals surface area contributed by atoms with Crippen LogP contribution in [0.1, 0.15) is 12.8 Å². The molecule has 0 spiro atoms. The van der Waals surface area contributed by atoms with Crippen LogP contribution in [0.3, 0.4) is 0 Å². The van der Waals surface area contributed by atoms with Gasteiger partial charge < -0.3 is 9.64 Å². The lowest BCUT2D eigenvalue weighted by molar-refractivity contribution is 0.129. The monoisotopic (exact) mass is 405 g/mol. The van der Waals surface area contributed by atoms with Gasteiger partial charge in [-0.3, -0.25) is 9.11 Å². The molecule has 8 nitrogen and oxygen atoms in total. The van der Waals surface area contributed by atoms with Gasteiger partial charge in [0.15, 0.2) is 0 Å². The second-order valence-corrected chi connectivity index (χ2v) is 8.98. The Bertz CT molecular complexity index is 908. The SMILES string of the molecule is O=C1O[C@@H](Cn2cncn2)CN1c1ccc(N2C3CCC2CS(=O)C3)c(F)c1. The van der Waals surface area contributed by atoms with E-state index in [1.165, 1.54) is 17.3 Å². The third kappa shape index (κ3) is 3.05. The molecule has 0 N–H and O–H groups in total. The van der Waals surface area contributed by atoms with Crippen LogP contribution in [-0.4, -0.2) is 61.3 Å². The zero-order valence-electron chi connectivity index (χ0n) is 15.1. The standard InChI is InChI=1S/C18H20FN5O3S/c19-16-5-12(23-7-15(27-18(23)25)6-22-11-20-10-21-22)3-4-17(16)24-13-1-2-14(24)9-28(26)8-13/h3-5,10-11,13-15H,1-2,6-9H2/t13?,14?,15-,28?/m0/s1. The van der Waals surface area contributed by atoms with Crippen LogP contribution in [0.5, 0.6) is 0 Å². The van der Waals surface area contributed by atoms with Crippen LogP contribution in [-0.2, 0) is 22.1 Å². The summed E-state index contributed by atoms with van der Waals surface area (Å²) in [5.74, 6) is 0.829. The van der Waals surface area contributed by atoms with E-state index >= 15 is 0 Å². The van der Waals surface area contributed by atoms with Gasteiger partial charge >= 0.3 is 6.09 Å². The molecule has 0 radical (unpaired) electrons. The molecule has 4 heterocycles. The van der Waals surface area contributed by atoms with Crippen molar-refractivity contribution in [2.24, 2.45) is 0 Å². The number of fused-ring (bicyclic) bond motifs is 2. The van der Waals surface area contributed by atoms with Crippen molar-refractivity contribution in [1.82, 2.24) is 14.8 Å². The molecule has 0 aliphatic carbocycles. The largest absolute Gasteiger partial charge is 0.442 e. The van der Waals surface area contributed by atoms with Crippen molar-refractivity contribution >= 4 is 28.3 Å². The number of ether oxygens (including phenoxy) is 1. The highest BCUT2D eigenvalue weighted by atomic mass is 32.2. The minimum atomic E-state index is -0.813. The second-order valence-electron chi connectivity index (χ2n) is 7.44. The lowest BCUT2D eigenvalue weighted by atomic mass is 10.2. The van der Waals surface area contributed by atoms with Crippen LogP contribution in [0, 0.1) is 5.82 Å². The molecule has 3 fully saturated rings. The zero-order chi connectivity index (χ0) is 19.3. The summed E-state index contributed by atoms with van der Waals surface area (Å²) in [6.45, 7) is 0.725. The molecular formula is C18H20FN5O3S. The highest BCUT2D eigenvalue weighted by molar-refractivity contribution is 7.85. The molecule has 3 aliphatic heterocycles. The lowest BCUT2D eigenvalue weighted by Crippen LogP contribution is -2.47. The molecule has 10 heteroatoms. The molecule has 0 saturated carbocycles. The Kier molecular flexibility index (Phi) is 4.30. The van der Waals surface area contributed by atoms with Gasteiger partial charge in [-0.2, -0.15) is 5.10 Å². The minimum Gasteiger partial charge on any atom is -0.442 e. The smallest absolute Gasteiger partial charge is 0.414 e. The third-order valence-electron chi connectivity index (χ3n) is 5.63. The van der Waals surface area contributed by atoms with Crippen molar-refractivity contribution < 1.29 is 18.1 Å². The summed E-state index contributed by atoms with van der Waals surface area (Å²) < 4.78 is 33.9. The number of rotatable bonds is 4. The minimum absolute atomic E-state index is 0.128. The van der Waals surface area contributed by atoms with Crippen LogP contribution in [0.4, 0.5) is 20.6 Å². The first-order valence-electron chi connectivity index (χ1n) is 9.32. The average Bonchev–Trinajstić information content (AvgIpc) is 3.35. The summed E-state index contributed by atoms with van der Waals surface area (Å²) in [7, 11) is -0.813. The van der Waals surface area contributed by atoms with Crippen molar-refractivity contribution in [2.75, 3.05) is 27.9 Å². The maximum absolute atomic E-state index is 15.0. The second kappa shape index (κ2) is 6.84. The Morgan fingerprint density at radius 1 is 1.25 bits per heavy atom. The summed E-state index contributed by atoms with van der Waals surface area (Å²) in [5.41, 5.74) is 1.000. The molecule has 2 unspecified atom stereocenters. The van der Waals surface area contributed by atoms with E-state index in [-0.39, 0.29) is 24.0 Å². The average molecular weight is 405 g/mol. The number of anilines is 2. The first-order valence-corrected chi connectivity index (χ1v) is 10.8. The number of aromatic nitrogens is 3. The quantitative estimate of drug-likeness (QED) is 0.768. The molecule has 1 amide bonds. The molecule has 1 aromatic heterocycles. The van der Waals surface area contributed by atoms with Crippen LogP contribution in [0.15, 0.2) is 30.9 Å². The fourth-order valence-electron chi connectivity index (χ4n) is 4.42. The van der Waals surface area contributed by atoms with Gasteiger partial charge in [0.1, 0.15) is 24.6 Å². The summed E-state index contributed by atoms with van der Waals surface area (Å²) >= 11 is 0. The fourth-order valence-corrected chi connectivity index (χ4v) is 6.06. The van der Waals surface area contributed by atoms with Crippen molar-refractivity contribution in [3.63, 3.8) is 0 Å². The van der Waals surface area contributed by atoms with Crippen molar-refractivity contribution in [2.45, 2.75) is 37.6 Å². The first-order chi connectivity index (χ1) is 13.6. The van der Waals surface area contributed by atoms with Crippen molar-refractivity contribution in [3.8, 4) is 0 Å². The van der Waals surface area contributed by atoms with Gasteiger partial charge in [0, 0.05) is 34.4 Å². The Morgan fingerprint density at radius 2 is 2.04 bits per heavy atom. The number of cyclic esters (lactones) is 1. The Hall–Kier alpha value is -2.49. The molecule has 148 valence electrons. The first kappa shape index (κ1) is 17.6. The Labute approximate surface area is 163 Å². The van der Waals surface area contributed by atoms with E-state index < -0.39 is 16.9 Å². The van der Waals surface area contributed by atoms with E-state index in [1.807, 2.05) is 0 Å². The van der Waals surface area contributed by atoms with E-state index in [1.54, 1.807) is 23.1 Å². The number of hydrogen-bond donors (Lipinski definition) is 0. The van der Waals surface area contributed by atoms with Gasteiger partial charge in [-0.05, 0) is 31.0 Å². The molecule has 1 aromatic carbocycles. The molecule has 2 bridgehead atoms. The van der Waals surface area contributed by atoms with E-state index in [4.69, 9.17) is 4.74 Å². The molecular weight excluding hydrogens is 385 g/mol. The molecule has 3 atom stereocenters. The maximum Gasteiger partial charge on any atom is 0.414 e. The number of carbonyl (C=O) groups excluding carboxylic acids is 1. The van der Waals surface area contributed by atoms with Crippen LogP contribution < -0.4 is 9.80 Å². The number of amides is 1. The summed E-state index contributed by atoms with van der Waals surface area (Å²) in [6.07, 6.45) is 4.01. The van der Waals surface area contributed by atoms with Gasteiger partial charge in [0.2, 0.25) is 0 Å². The van der Waals surface area contributed by atoms with E-state index in [9.17, 15) is 13.4 Å². The lowest BCUT2D eigenvalue weighted by Gasteiger charge is -2.36. The number of hydrogen-bond acceptors (Lipinski definition) is 6. The number of halogens is 1. The van der Waals surface area contributed by atoms with Crippen LogP contribution in [0.2, 0.25) is 0 Å². The molecule has 28 heavy (non-hydrogen) atoms. The van der Waals surface area contributed by atoms with Crippen molar-refractivity contribution in [3.05, 3.63) is 36.7 Å². The third-order valence-corrected chi connectivity index (χ3v) is 7.14. The topological polar surface area (TPSA) is 80.6 Å². The van der Waals surface area contributed by atoms with Gasteiger partial charge in [-0.1, -0.05) is 0 Å². The van der Waals surface area contributed by atoms with Gasteiger partial charge in [0.05, 0.1) is 24.5 Å². The number of benzene rings is 1. The maximum atomic E-state index is 15.0. The molecule has 3 saturated heterocycles. The van der Waals surface area contributed by atoms with Gasteiger partial charge in [-0.25, -0.2) is 18.9 Å². The highest BCUT2D eigenvalue weighted by Gasteiger charge is 2.41. The summed E-state index contributed by atoms with van der Waals surface area (Å²) in [5, 5.41) is 4.01. The summed E-state index contributed by atoms with van der Waals surface area (Å²) in [6, 6.07) is 5.12. The Morgan fingerprint density at radius 3 is 2.71 bits per heavy atom. The van der Waals surface area contributed by atoms with E-state index in [0.29, 0.717) is 36.0 Å². The number of nitrogens with zero attached hydrogens (tertiary/aromatic N) is 5. The van der Waals surface area contributed by atoms with Gasteiger partial charge in [-0.15, -0.1) is 0 Å².